The molecule has 0 atom stereocenters. The van der Waals surface area contributed by atoms with Crippen LogP contribution in [0.15, 0.2) is 18.2 Å². The molecule has 0 unspecified atom stereocenters. The van der Waals surface area contributed by atoms with Crippen molar-refractivity contribution in [3.63, 3.8) is 0 Å². The summed E-state index contributed by atoms with van der Waals surface area (Å²) in [6, 6.07) is 5.42. The Bertz CT molecular complexity index is 410. The van der Waals surface area contributed by atoms with Gasteiger partial charge >= 0.3 is 0 Å². The predicted octanol–water partition coefficient (Wildman–Crippen LogP) is 2.34. The quantitative estimate of drug-likeness (QED) is 0.642. The van der Waals surface area contributed by atoms with Crippen molar-refractivity contribution < 1.29 is 9.90 Å². The first-order chi connectivity index (χ1) is 9.13. The fraction of sp³-hybridized carbons (Fsp3) is 0.500. The number of unbranched alkanes of at least 4 members (excludes halogenated alkanes) is 2. The number of carbonyl (C=O) groups excluding carboxylic acids is 1. The average Bonchev–Trinajstić information content (AvgIpc) is 2.38. The number of halogens is 1. The summed E-state index contributed by atoms with van der Waals surface area (Å²) in [6.07, 6.45) is 2.75. The zero-order valence-corrected chi connectivity index (χ0v) is 12.0. The van der Waals surface area contributed by atoms with Crippen molar-refractivity contribution in [3.05, 3.63) is 28.8 Å². The number of hydrogen-bond donors (Lipinski definition) is 3. The topological polar surface area (TPSA) is 61.4 Å². The maximum absolute atomic E-state index is 11.7. The molecule has 1 amide bonds. The van der Waals surface area contributed by atoms with E-state index in [9.17, 15) is 4.79 Å². The zero-order valence-electron chi connectivity index (χ0n) is 11.2. The van der Waals surface area contributed by atoms with Crippen molar-refractivity contribution in [1.29, 1.82) is 0 Å². The number of aliphatic hydroxyl groups is 1. The van der Waals surface area contributed by atoms with Crippen LogP contribution in [0.4, 0.5) is 5.69 Å². The number of rotatable bonds is 8. The van der Waals surface area contributed by atoms with Gasteiger partial charge in [0.05, 0.1) is 6.54 Å². The van der Waals surface area contributed by atoms with Gasteiger partial charge in [0.1, 0.15) is 0 Å². The number of carbonyl (C=O) groups is 1. The molecule has 0 bridgehead atoms. The summed E-state index contributed by atoms with van der Waals surface area (Å²) in [7, 11) is 0. The molecule has 0 radical (unpaired) electrons. The molecule has 0 aliphatic carbocycles. The molecular weight excluding hydrogens is 264 g/mol. The fourth-order valence-corrected chi connectivity index (χ4v) is 1.84. The van der Waals surface area contributed by atoms with Crippen molar-refractivity contribution in [3.8, 4) is 0 Å². The van der Waals surface area contributed by atoms with E-state index in [0.717, 1.165) is 37.1 Å². The number of hydrogen-bond acceptors (Lipinski definition) is 3. The second-order valence-corrected chi connectivity index (χ2v) is 4.90. The van der Waals surface area contributed by atoms with Crippen molar-refractivity contribution in [2.45, 2.75) is 26.2 Å². The number of aliphatic hydroxyl groups excluding tert-OH is 1. The lowest BCUT2D eigenvalue weighted by molar-refractivity contribution is -0.115. The second kappa shape index (κ2) is 8.91. The normalized spacial score (nSPS) is 10.5. The largest absolute Gasteiger partial charge is 0.396 e. The summed E-state index contributed by atoms with van der Waals surface area (Å²) in [5, 5.41) is 15.1. The SMILES string of the molecule is Cc1ccc(Cl)cc1NC(=O)CNCCCCCO. The third kappa shape index (κ3) is 6.57. The van der Waals surface area contributed by atoms with Crippen LogP contribution < -0.4 is 10.6 Å². The molecule has 1 aromatic carbocycles. The number of anilines is 1. The number of nitrogens with one attached hydrogen (secondary N) is 2. The van der Waals surface area contributed by atoms with Gasteiger partial charge in [0.15, 0.2) is 0 Å². The molecule has 19 heavy (non-hydrogen) atoms. The Morgan fingerprint density at radius 3 is 2.84 bits per heavy atom. The van der Waals surface area contributed by atoms with Crippen LogP contribution in [0.5, 0.6) is 0 Å². The molecule has 1 rings (SSSR count). The fourth-order valence-electron chi connectivity index (χ4n) is 1.66. The van der Waals surface area contributed by atoms with Crippen molar-refractivity contribution >= 4 is 23.2 Å². The Balaban J connectivity index is 2.25. The van der Waals surface area contributed by atoms with E-state index in [4.69, 9.17) is 16.7 Å². The Morgan fingerprint density at radius 2 is 2.11 bits per heavy atom. The highest BCUT2D eigenvalue weighted by Gasteiger charge is 2.04. The molecule has 0 saturated carbocycles. The average molecular weight is 285 g/mol. The van der Waals surface area contributed by atoms with Crippen LogP contribution in [0, 0.1) is 6.92 Å². The molecule has 0 spiro atoms. The molecule has 3 N–H and O–H groups in total. The van der Waals surface area contributed by atoms with Gasteiger partial charge in [-0.25, -0.2) is 0 Å². The number of amides is 1. The summed E-state index contributed by atoms with van der Waals surface area (Å²) in [5.74, 6) is -0.0764. The van der Waals surface area contributed by atoms with E-state index in [1.807, 2.05) is 13.0 Å². The van der Waals surface area contributed by atoms with Gasteiger partial charge < -0.3 is 15.7 Å². The third-order valence-electron chi connectivity index (χ3n) is 2.77. The first-order valence-electron chi connectivity index (χ1n) is 6.51. The van der Waals surface area contributed by atoms with Crippen LogP contribution in [0.1, 0.15) is 24.8 Å². The van der Waals surface area contributed by atoms with Crippen molar-refractivity contribution in [1.82, 2.24) is 5.32 Å². The number of benzene rings is 1. The van der Waals surface area contributed by atoms with Gasteiger partial charge in [-0.15, -0.1) is 0 Å². The van der Waals surface area contributed by atoms with E-state index in [2.05, 4.69) is 10.6 Å². The van der Waals surface area contributed by atoms with Gasteiger partial charge in [0.2, 0.25) is 5.91 Å². The highest BCUT2D eigenvalue weighted by atomic mass is 35.5. The predicted molar refractivity (Wildman–Crippen MR) is 78.6 cm³/mol. The standard InChI is InChI=1S/C14H21ClN2O2/c1-11-5-6-12(15)9-13(11)17-14(19)10-16-7-3-2-4-8-18/h5-6,9,16,18H,2-4,7-8,10H2,1H3,(H,17,19). The maximum atomic E-state index is 11.7. The zero-order chi connectivity index (χ0) is 14.1. The van der Waals surface area contributed by atoms with Gasteiger partial charge in [-0.3, -0.25) is 4.79 Å². The smallest absolute Gasteiger partial charge is 0.238 e. The monoisotopic (exact) mass is 284 g/mol. The first kappa shape index (κ1) is 16.0. The van der Waals surface area contributed by atoms with E-state index in [0.29, 0.717) is 5.02 Å². The van der Waals surface area contributed by atoms with E-state index >= 15 is 0 Å². The van der Waals surface area contributed by atoms with Gasteiger partial charge in [-0.1, -0.05) is 17.7 Å². The van der Waals surface area contributed by atoms with Crippen LogP contribution in [-0.4, -0.2) is 30.7 Å². The summed E-state index contributed by atoms with van der Waals surface area (Å²) in [4.78, 5) is 11.7. The first-order valence-corrected chi connectivity index (χ1v) is 6.89. The van der Waals surface area contributed by atoms with Gasteiger partial charge in [-0.2, -0.15) is 0 Å². The lowest BCUT2D eigenvalue weighted by Crippen LogP contribution is -2.29. The minimum absolute atomic E-state index is 0.0764. The molecule has 0 saturated heterocycles. The molecular formula is C14H21ClN2O2. The summed E-state index contributed by atoms with van der Waals surface area (Å²) < 4.78 is 0. The van der Waals surface area contributed by atoms with Gasteiger partial charge in [-0.05, 0) is 50.4 Å². The van der Waals surface area contributed by atoms with E-state index in [-0.39, 0.29) is 19.1 Å². The lowest BCUT2D eigenvalue weighted by atomic mass is 10.2. The molecule has 106 valence electrons. The maximum Gasteiger partial charge on any atom is 0.238 e. The molecule has 0 aliphatic rings. The summed E-state index contributed by atoms with van der Waals surface area (Å²) in [6.45, 7) is 3.22. The molecule has 0 aromatic heterocycles. The molecule has 5 heteroatoms. The lowest BCUT2D eigenvalue weighted by Gasteiger charge is -2.09. The Morgan fingerprint density at radius 1 is 1.32 bits per heavy atom. The van der Waals surface area contributed by atoms with E-state index in [1.54, 1.807) is 12.1 Å². The van der Waals surface area contributed by atoms with Crippen molar-refractivity contribution in [2.75, 3.05) is 25.0 Å². The molecule has 4 nitrogen and oxygen atoms in total. The van der Waals surface area contributed by atoms with Crippen LogP contribution in [0.3, 0.4) is 0 Å². The van der Waals surface area contributed by atoms with Crippen molar-refractivity contribution in [2.24, 2.45) is 0 Å². The molecule has 0 heterocycles. The van der Waals surface area contributed by atoms with Crippen LogP contribution in [0.2, 0.25) is 5.02 Å². The van der Waals surface area contributed by atoms with Gasteiger partial charge in [0, 0.05) is 17.3 Å². The molecule has 1 aromatic rings. The Kier molecular flexibility index (Phi) is 7.48. The second-order valence-electron chi connectivity index (χ2n) is 4.47. The Hall–Kier alpha value is -1.10. The third-order valence-corrected chi connectivity index (χ3v) is 3.01. The minimum Gasteiger partial charge on any atom is -0.396 e. The van der Waals surface area contributed by atoms with Crippen LogP contribution in [0.25, 0.3) is 0 Å². The van der Waals surface area contributed by atoms with E-state index in [1.165, 1.54) is 0 Å². The molecule has 0 fully saturated rings. The summed E-state index contributed by atoms with van der Waals surface area (Å²) >= 11 is 5.89. The minimum atomic E-state index is -0.0764. The highest BCUT2D eigenvalue weighted by molar-refractivity contribution is 6.31. The molecule has 0 aliphatic heterocycles. The highest BCUT2D eigenvalue weighted by Crippen LogP contribution is 2.19. The Labute approximate surface area is 119 Å². The van der Waals surface area contributed by atoms with E-state index < -0.39 is 0 Å². The summed E-state index contributed by atoms with van der Waals surface area (Å²) in [5.41, 5.74) is 1.74. The van der Waals surface area contributed by atoms with Crippen LogP contribution >= 0.6 is 11.6 Å². The van der Waals surface area contributed by atoms with Gasteiger partial charge in [0.25, 0.3) is 0 Å². The van der Waals surface area contributed by atoms with Crippen LogP contribution in [-0.2, 0) is 4.79 Å². The number of aryl methyl sites for hydroxylation is 1.